The van der Waals surface area contributed by atoms with Crippen LogP contribution < -0.4 is 5.32 Å². The van der Waals surface area contributed by atoms with Crippen LogP contribution in [0.25, 0.3) is 6.08 Å². The molecule has 0 fully saturated rings. The van der Waals surface area contributed by atoms with Crippen LogP contribution in [0.15, 0.2) is 23.7 Å². The Balaban J connectivity index is 1.97. The SMILES string of the molecule is CCCn1nccc1NC(=O)/C=C/c1csc(C)n1. The molecule has 0 unspecified atom stereocenters. The highest BCUT2D eigenvalue weighted by molar-refractivity contribution is 7.09. The summed E-state index contributed by atoms with van der Waals surface area (Å²) >= 11 is 1.56. The van der Waals surface area contributed by atoms with Crippen molar-refractivity contribution < 1.29 is 4.79 Å². The summed E-state index contributed by atoms with van der Waals surface area (Å²) in [5, 5.41) is 9.85. The fourth-order valence-corrected chi connectivity index (χ4v) is 2.20. The summed E-state index contributed by atoms with van der Waals surface area (Å²) in [6, 6.07) is 1.79. The summed E-state index contributed by atoms with van der Waals surface area (Å²) in [6.07, 6.45) is 5.84. The van der Waals surface area contributed by atoms with Gasteiger partial charge in [-0.15, -0.1) is 11.3 Å². The van der Waals surface area contributed by atoms with Crippen molar-refractivity contribution in [2.75, 3.05) is 5.32 Å². The van der Waals surface area contributed by atoms with E-state index in [4.69, 9.17) is 0 Å². The predicted octanol–water partition coefficient (Wildman–Crippen LogP) is 2.71. The molecule has 2 aromatic heterocycles. The monoisotopic (exact) mass is 276 g/mol. The van der Waals surface area contributed by atoms with Gasteiger partial charge in [0.2, 0.25) is 5.91 Å². The highest BCUT2D eigenvalue weighted by Gasteiger charge is 2.04. The quantitative estimate of drug-likeness (QED) is 0.854. The number of aryl methyl sites for hydroxylation is 2. The van der Waals surface area contributed by atoms with Crippen LogP contribution in [-0.2, 0) is 11.3 Å². The van der Waals surface area contributed by atoms with Gasteiger partial charge in [-0.3, -0.25) is 4.79 Å². The minimum atomic E-state index is -0.177. The lowest BCUT2D eigenvalue weighted by molar-refractivity contribution is -0.111. The molecule has 0 bridgehead atoms. The lowest BCUT2D eigenvalue weighted by Crippen LogP contribution is -2.13. The second-order valence-electron chi connectivity index (χ2n) is 4.05. The van der Waals surface area contributed by atoms with Crippen LogP contribution >= 0.6 is 11.3 Å². The van der Waals surface area contributed by atoms with E-state index in [9.17, 15) is 4.79 Å². The maximum Gasteiger partial charge on any atom is 0.249 e. The van der Waals surface area contributed by atoms with E-state index in [1.54, 1.807) is 34.4 Å². The first-order valence-electron chi connectivity index (χ1n) is 6.12. The van der Waals surface area contributed by atoms with Crippen LogP contribution in [0.5, 0.6) is 0 Å². The normalized spacial score (nSPS) is 11.1. The number of thiazole rings is 1. The first-order valence-corrected chi connectivity index (χ1v) is 7.00. The zero-order valence-corrected chi connectivity index (χ0v) is 11.8. The minimum absolute atomic E-state index is 0.177. The first-order chi connectivity index (χ1) is 9.19. The molecule has 2 rings (SSSR count). The third kappa shape index (κ3) is 3.75. The molecule has 0 saturated heterocycles. The van der Waals surface area contributed by atoms with Crippen molar-refractivity contribution in [1.29, 1.82) is 0 Å². The minimum Gasteiger partial charge on any atom is -0.307 e. The lowest BCUT2D eigenvalue weighted by Gasteiger charge is -2.05. The van der Waals surface area contributed by atoms with E-state index >= 15 is 0 Å². The number of amides is 1. The Morgan fingerprint density at radius 1 is 1.58 bits per heavy atom. The van der Waals surface area contributed by atoms with Gasteiger partial charge in [-0.2, -0.15) is 5.10 Å². The summed E-state index contributed by atoms with van der Waals surface area (Å²) in [4.78, 5) is 16.0. The Bertz CT molecular complexity index is 585. The predicted molar refractivity (Wildman–Crippen MR) is 77.0 cm³/mol. The Hall–Kier alpha value is -1.95. The van der Waals surface area contributed by atoms with Crippen molar-refractivity contribution in [2.24, 2.45) is 0 Å². The van der Waals surface area contributed by atoms with Gasteiger partial charge >= 0.3 is 0 Å². The molecule has 2 heterocycles. The highest BCUT2D eigenvalue weighted by atomic mass is 32.1. The van der Waals surface area contributed by atoms with Crippen molar-refractivity contribution >= 4 is 29.1 Å². The highest BCUT2D eigenvalue weighted by Crippen LogP contribution is 2.10. The van der Waals surface area contributed by atoms with Crippen molar-refractivity contribution in [3.05, 3.63) is 34.4 Å². The number of anilines is 1. The standard InChI is InChI=1S/C13H16N4OS/c1-3-8-17-12(6-7-14-17)16-13(18)5-4-11-9-19-10(2)15-11/h4-7,9H,3,8H2,1-2H3,(H,16,18)/b5-4+. The number of rotatable bonds is 5. The largest absolute Gasteiger partial charge is 0.307 e. The molecule has 0 radical (unpaired) electrons. The molecule has 5 nitrogen and oxygen atoms in total. The second kappa shape index (κ2) is 6.29. The van der Waals surface area contributed by atoms with Crippen molar-refractivity contribution in [3.8, 4) is 0 Å². The topological polar surface area (TPSA) is 59.8 Å². The number of hydrogen-bond donors (Lipinski definition) is 1. The Morgan fingerprint density at radius 3 is 3.11 bits per heavy atom. The zero-order chi connectivity index (χ0) is 13.7. The van der Waals surface area contributed by atoms with E-state index in [1.165, 1.54) is 6.08 Å². The molecule has 0 spiro atoms. The van der Waals surface area contributed by atoms with E-state index in [2.05, 4.69) is 22.3 Å². The Labute approximate surface area is 116 Å². The Morgan fingerprint density at radius 2 is 2.42 bits per heavy atom. The lowest BCUT2D eigenvalue weighted by atomic mass is 10.4. The average Bonchev–Trinajstić information content (AvgIpc) is 2.97. The number of aromatic nitrogens is 3. The molecule has 100 valence electrons. The molecule has 0 aliphatic carbocycles. The molecule has 0 atom stereocenters. The Kier molecular flexibility index (Phi) is 4.46. The van der Waals surface area contributed by atoms with E-state index in [-0.39, 0.29) is 5.91 Å². The third-order valence-corrected chi connectivity index (χ3v) is 3.24. The van der Waals surface area contributed by atoms with Crippen LogP contribution in [0, 0.1) is 6.92 Å². The third-order valence-electron chi connectivity index (χ3n) is 2.45. The maximum atomic E-state index is 11.8. The van der Waals surface area contributed by atoms with Crippen LogP contribution in [-0.4, -0.2) is 20.7 Å². The molecule has 0 aliphatic heterocycles. The number of nitrogens with one attached hydrogen (secondary N) is 1. The van der Waals surface area contributed by atoms with Crippen LogP contribution in [0.2, 0.25) is 0 Å². The summed E-state index contributed by atoms with van der Waals surface area (Å²) in [5.41, 5.74) is 0.805. The molecule has 0 aromatic carbocycles. The average molecular weight is 276 g/mol. The van der Waals surface area contributed by atoms with Gasteiger partial charge in [0.15, 0.2) is 0 Å². The summed E-state index contributed by atoms with van der Waals surface area (Å²) in [6.45, 7) is 4.79. The number of hydrogen-bond acceptors (Lipinski definition) is 4. The van der Waals surface area contributed by atoms with Gasteiger partial charge in [0.05, 0.1) is 16.9 Å². The number of carbonyl (C=O) groups is 1. The van der Waals surface area contributed by atoms with Gasteiger partial charge in [-0.05, 0) is 19.4 Å². The molecule has 0 aliphatic rings. The smallest absolute Gasteiger partial charge is 0.249 e. The molecule has 2 aromatic rings. The molecular formula is C13H16N4OS. The van der Waals surface area contributed by atoms with Gasteiger partial charge < -0.3 is 5.32 Å². The number of nitrogens with zero attached hydrogens (tertiary/aromatic N) is 3. The zero-order valence-electron chi connectivity index (χ0n) is 11.0. The molecule has 1 N–H and O–H groups in total. The van der Waals surface area contributed by atoms with Gasteiger partial charge in [0.1, 0.15) is 5.82 Å². The van der Waals surface area contributed by atoms with E-state index in [1.807, 2.05) is 12.3 Å². The van der Waals surface area contributed by atoms with E-state index < -0.39 is 0 Å². The molecule has 19 heavy (non-hydrogen) atoms. The van der Waals surface area contributed by atoms with Crippen LogP contribution in [0.1, 0.15) is 24.0 Å². The van der Waals surface area contributed by atoms with Crippen molar-refractivity contribution in [2.45, 2.75) is 26.8 Å². The first kappa shape index (κ1) is 13.5. The number of carbonyl (C=O) groups excluding carboxylic acids is 1. The van der Waals surface area contributed by atoms with Crippen LogP contribution in [0.4, 0.5) is 5.82 Å². The van der Waals surface area contributed by atoms with Crippen LogP contribution in [0.3, 0.4) is 0 Å². The molecule has 0 saturated carbocycles. The molecule has 1 amide bonds. The van der Waals surface area contributed by atoms with E-state index in [0.29, 0.717) is 5.82 Å². The fourth-order valence-electron chi connectivity index (χ4n) is 1.61. The van der Waals surface area contributed by atoms with E-state index in [0.717, 1.165) is 23.7 Å². The molecular weight excluding hydrogens is 260 g/mol. The van der Waals surface area contributed by atoms with Gasteiger partial charge in [0, 0.05) is 24.1 Å². The summed E-state index contributed by atoms with van der Waals surface area (Å²) in [5.74, 6) is 0.537. The van der Waals surface area contributed by atoms with Crippen molar-refractivity contribution in [1.82, 2.24) is 14.8 Å². The summed E-state index contributed by atoms with van der Waals surface area (Å²) in [7, 11) is 0. The van der Waals surface area contributed by atoms with Gasteiger partial charge in [-0.1, -0.05) is 6.92 Å². The maximum absolute atomic E-state index is 11.8. The summed E-state index contributed by atoms with van der Waals surface area (Å²) < 4.78 is 1.78. The second-order valence-corrected chi connectivity index (χ2v) is 5.12. The van der Waals surface area contributed by atoms with Gasteiger partial charge in [0.25, 0.3) is 0 Å². The van der Waals surface area contributed by atoms with Crippen molar-refractivity contribution in [3.63, 3.8) is 0 Å². The van der Waals surface area contributed by atoms with Gasteiger partial charge in [-0.25, -0.2) is 9.67 Å². The fraction of sp³-hybridized carbons (Fsp3) is 0.308. The molecule has 6 heteroatoms.